The van der Waals surface area contributed by atoms with Gasteiger partial charge in [-0.3, -0.25) is 4.98 Å². The van der Waals surface area contributed by atoms with Crippen molar-refractivity contribution in [2.24, 2.45) is 0 Å². The Bertz CT molecular complexity index is 523. The van der Waals surface area contributed by atoms with Crippen molar-refractivity contribution in [3.63, 3.8) is 0 Å². The maximum absolute atomic E-state index is 12.7. The van der Waals surface area contributed by atoms with Crippen molar-refractivity contribution in [1.29, 1.82) is 0 Å². The third-order valence-electron chi connectivity index (χ3n) is 2.15. The van der Waals surface area contributed by atoms with Gasteiger partial charge in [0.25, 0.3) is 0 Å². The lowest BCUT2D eigenvalue weighted by molar-refractivity contribution is -0.255. The second-order valence-corrected chi connectivity index (χ2v) is 3.26. The number of carbonyl (C=O) groups is 1. The Labute approximate surface area is 91.2 Å². The fourth-order valence-electron chi connectivity index (χ4n) is 1.35. The van der Waals surface area contributed by atoms with E-state index in [2.05, 4.69) is 4.98 Å². The molecule has 1 aromatic carbocycles. The van der Waals surface area contributed by atoms with Gasteiger partial charge in [-0.1, -0.05) is 12.1 Å². The SMILES string of the molecule is O=C([O-])c1cncc(-c2ccc(F)cc2)c1. The molecule has 80 valence electrons. The smallest absolute Gasteiger partial charge is 0.123 e. The van der Waals surface area contributed by atoms with Gasteiger partial charge in [0.1, 0.15) is 5.82 Å². The molecule has 0 saturated carbocycles. The maximum atomic E-state index is 12.7. The van der Waals surface area contributed by atoms with Crippen molar-refractivity contribution < 1.29 is 14.3 Å². The average Bonchev–Trinajstić information content (AvgIpc) is 2.30. The topological polar surface area (TPSA) is 53.0 Å². The molecule has 0 bridgehead atoms. The number of carbonyl (C=O) groups excluding carboxylic acids is 1. The molecule has 0 fully saturated rings. The van der Waals surface area contributed by atoms with Gasteiger partial charge in [-0.05, 0) is 23.8 Å². The van der Waals surface area contributed by atoms with Crippen LogP contribution in [0, 0.1) is 5.82 Å². The second kappa shape index (κ2) is 4.10. The first-order chi connectivity index (χ1) is 7.66. The minimum atomic E-state index is -1.28. The van der Waals surface area contributed by atoms with Crippen LogP contribution in [0.4, 0.5) is 4.39 Å². The molecule has 2 rings (SSSR count). The van der Waals surface area contributed by atoms with E-state index in [1.165, 1.54) is 30.6 Å². The molecule has 2 aromatic rings. The van der Waals surface area contributed by atoms with Crippen molar-refractivity contribution in [2.45, 2.75) is 0 Å². The lowest BCUT2D eigenvalue weighted by Crippen LogP contribution is -2.22. The lowest BCUT2D eigenvalue weighted by Gasteiger charge is -2.05. The molecule has 0 unspecified atom stereocenters. The van der Waals surface area contributed by atoms with Gasteiger partial charge in [-0.2, -0.15) is 0 Å². The summed E-state index contributed by atoms with van der Waals surface area (Å²) in [5.41, 5.74) is 1.32. The largest absolute Gasteiger partial charge is 0.545 e. The molecule has 0 amide bonds. The highest BCUT2D eigenvalue weighted by Gasteiger charge is 2.01. The standard InChI is InChI=1S/C12H8FNO2/c13-11-3-1-8(2-4-11)9-5-10(12(15)16)7-14-6-9/h1-7H,(H,15,16)/p-1. The van der Waals surface area contributed by atoms with Gasteiger partial charge in [-0.25, -0.2) is 4.39 Å². The van der Waals surface area contributed by atoms with Crippen molar-refractivity contribution >= 4 is 5.97 Å². The van der Waals surface area contributed by atoms with E-state index >= 15 is 0 Å². The summed E-state index contributed by atoms with van der Waals surface area (Å²) < 4.78 is 12.7. The van der Waals surface area contributed by atoms with Crippen LogP contribution >= 0.6 is 0 Å². The lowest BCUT2D eigenvalue weighted by atomic mass is 10.1. The summed E-state index contributed by atoms with van der Waals surface area (Å²) in [5, 5.41) is 10.6. The minimum Gasteiger partial charge on any atom is -0.545 e. The van der Waals surface area contributed by atoms with Crippen molar-refractivity contribution in [3.8, 4) is 11.1 Å². The highest BCUT2D eigenvalue weighted by molar-refractivity contribution is 5.87. The molecule has 16 heavy (non-hydrogen) atoms. The number of hydrogen-bond acceptors (Lipinski definition) is 3. The first kappa shape index (κ1) is 10.3. The van der Waals surface area contributed by atoms with Gasteiger partial charge in [-0.15, -0.1) is 0 Å². The van der Waals surface area contributed by atoms with E-state index in [0.717, 1.165) is 0 Å². The van der Waals surface area contributed by atoms with Crippen LogP contribution in [0.2, 0.25) is 0 Å². The summed E-state index contributed by atoms with van der Waals surface area (Å²) in [7, 11) is 0. The Kier molecular flexibility index (Phi) is 2.64. The number of nitrogens with zero attached hydrogens (tertiary/aromatic N) is 1. The summed E-state index contributed by atoms with van der Waals surface area (Å²) in [5.74, 6) is -1.62. The second-order valence-electron chi connectivity index (χ2n) is 3.26. The number of halogens is 1. The predicted molar refractivity (Wildman–Crippen MR) is 54.0 cm³/mol. The fraction of sp³-hybridized carbons (Fsp3) is 0. The zero-order valence-electron chi connectivity index (χ0n) is 8.18. The van der Waals surface area contributed by atoms with Crippen LogP contribution in [0.5, 0.6) is 0 Å². The first-order valence-corrected chi connectivity index (χ1v) is 4.59. The normalized spacial score (nSPS) is 10.1. The van der Waals surface area contributed by atoms with Crippen LogP contribution in [0.3, 0.4) is 0 Å². The quantitative estimate of drug-likeness (QED) is 0.759. The number of aromatic carboxylic acids is 1. The highest BCUT2D eigenvalue weighted by Crippen LogP contribution is 2.19. The van der Waals surface area contributed by atoms with E-state index in [4.69, 9.17) is 0 Å². The van der Waals surface area contributed by atoms with Crippen LogP contribution in [-0.2, 0) is 0 Å². The number of carboxylic acids is 1. The van der Waals surface area contributed by atoms with E-state index in [-0.39, 0.29) is 11.4 Å². The third kappa shape index (κ3) is 2.06. The number of rotatable bonds is 2. The monoisotopic (exact) mass is 216 g/mol. The van der Waals surface area contributed by atoms with Crippen LogP contribution in [0.15, 0.2) is 42.7 Å². The van der Waals surface area contributed by atoms with Crippen LogP contribution in [-0.4, -0.2) is 11.0 Å². The molecule has 0 saturated heterocycles. The molecule has 0 radical (unpaired) electrons. The van der Waals surface area contributed by atoms with E-state index in [0.29, 0.717) is 11.1 Å². The molecule has 0 aliphatic carbocycles. The minimum absolute atomic E-state index is 0.00169. The van der Waals surface area contributed by atoms with E-state index in [1.807, 2.05) is 0 Å². The first-order valence-electron chi connectivity index (χ1n) is 4.59. The van der Waals surface area contributed by atoms with E-state index in [9.17, 15) is 14.3 Å². The molecule has 0 aliphatic heterocycles. The number of hydrogen-bond donors (Lipinski definition) is 0. The molecule has 1 heterocycles. The number of carboxylic acid groups (broad SMARTS) is 1. The average molecular weight is 216 g/mol. The third-order valence-corrected chi connectivity index (χ3v) is 2.15. The van der Waals surface area contributed by atoms with Crippen molar-refractivity contribution in [3.05, 3.63) is 54.1 Å². The van der Waals surface area contributed by atoms with Gasteiger partial charge in [0.2, 0.25) is 0 Å². The zero-order valence-corrected chi connectivity index (χ0v) is 8.18. The van der Waals surface area contributed by atoms with Gasteiger partial charge in [0.15, 0.2) is 0 Å². The molecule has 0 aliphatic rings. The summed E-state index contributed by atoms with van der Waals surface area (Å²) >= 11 is 0. The summed E-state index contributed by atoms with van der Waals surface area (Å²) in [6, 6.07) is 7.18. The Morgan fingerprint density at radius 2 is 1.81 bits per heavy atom. The molecule has 1 aromatic heterocycles. The molecule has 0 atom stereocenters. The Balaban J connectivity index is 2.44. The summed E-state index contributed by atoms with van der Waals surface area (Å²) in [6.07, 6.45) is 2.72. The molecule has 0 spiro atoms. The molecular weight excluding hydrogens is 209 g/mol. The van der Waals surface area contributed by atoms with Gasteiger partial charge in [0, 0.05) is 23.5 Å². The molecule has 3 nitrogen and oxygen atoms in total. The van der Waals surface area contributed by atoms with Crippen LogP contribution in [0.1, 0.15) is 10.4 Å². The van der Waals surface area contributed by atoms with Gasteiger partial charge >= 0.3 is 0 Å². The summed E-state index contributed by atoms with van der Waals surface area (Å²) in [6.45, 7) is 0. The van der Waals surface area contributed by atoms with Crippen LogP contribution in [0.25, 0.3) is 11.1 Å². The Morgan fingerprint density at radius 1 is 1.12 bits per heavy atom. The number of benzene rings is 1. The number of aromatic nitrogens is 1. The Hall–Kier alpha value is -2.23. The molecular formula is C12H7FNO2-. The van der Waals surface area contributed by atoms with Gasteiger partial charge < -0.3 is 9.90 Å². The van der Waals surface area contributed by atoms with E-state index < -0.39 is 5.97 Å². The Morgan fingerprint density at radius 3 is 2.44 bits per heavy atom. The fourth-order valence-corrected chi connectivity index (χ4v) is 1.35. The van der Waals surface area contributed by atoms with Gasteiger partial charge in [0.05, 0.1) is 5.97 Å². The van der Waals surface area contributed by atoms with Crippen molar-refractivity contribution in [2.75, 3.05) is 0 Å². The number of pyridine rings is 1. The molecule has 0 N–H and O–H groups in total. The van der Waals surface area contributed by atoms with E-state index in [1.54, 1.807) is 12.1 Å². The van der Waals surface area contributed by atoms with Crippen LogP contribution < -0.4 is 5.11 Å². The summed E-state index contributed by atoms with van der Waals surface area (Å²) in [4.78, 5) is 14.4. The highest BCUT2D eigenvalue weighted by atomic mass is 19.1. The predicted octanol–water partition coefficient (Wildman–Crippen LogP) is 1.25. The van der Waals surface area contributed by atoms with Crippen molar-refractivity contribution in [1.82, 2.24) is 4.98 Å². The molecule has 4 heteroatoms. The maximum Gasteiger partial charge on any atom is 0.123 e. The zero-order chi connectivity index (χ0) is 11.5.